The smallest absolute Gasteiger partial charge is 0.251 e. The van der Waals surface area contributed by atoms with Crippen LogP contribution in [0.1, 0.15) is 18.6 Å². The average molecular weight is 314 g/mol. The number of halogens is 2. The van der Waals surface area contributed by atoms with Crippen molar-refractivity contribution in [3.05, 3.63) is 35.4 Å². The number of piperazine rings is 1. The van der Waals surface area contributed by atoms with Gasteiger partial charge in [-0.15, -0.1) is 0 Å². The number of rotatable bonds is 4. The van der Waals surface area contributed by atoms with E-state index in [2.05, 4.69) is 0 Å². The van der Waals surface area contributed by atoms with Crippen LogP contribution in [0.3, 0.4) is 0 Å². The normalized spacial score (nSPS) is 19.0. The highest BCUT2D eigenvalue weighted by Crippen LogP contribution is 2.19. The van der Waals surface area contributed by atoms with Crippen molar-refractivity contribution in [3.63, 3.8) is 0 Å². The molecule has 2 rings (SSSR count). The minimum atomic E-state index is -1.06. The monoisotopic (exact) mass is 314 g/mol. The minimum absolute atomic E-state index is 0.0592. The number of benzene rings is 1. The molecule has 0 radical (unpaired) electrons. The van der Waals surface area contributed by atoms with Crippen molar-refractivity contribution < 1.29 is 23.8 Å². The van der Waals surface area contributed by atoms with Gasteiger partial charge in [0.25, 0.3) is 5.91 Å². The second-order valence-corrected chi connectivity index (χ2v) is 5.48. The number of hydrogen-bond acceptors (Lipinski definition) is 4. The molecule has 7 heteroatoms. The molecular formula is C15H20F2N2O3. The van der Waals surface area contributed by atoms with Crippen LogP contribution in [0.5, 0.6) is 0 Å². The highest BCUT2D eigenvalue weighted by Gasteiger charge is 2.25. The number of β-amino-alcohol motifs (C(OH)–C–C–N with tert-alkyl or cyclic N) is 1. The van der Waals surface area contributed by atoms with Crippen molar-refractivity contribution >= 4 is 5.91 Å². The van der Waals surface area contributed by atoms with Crippen LogP contribution in [-0.4, -0.2) is 64.7 Å². The lowest BCUT2D eigenvalue weighted by Gasteiger charge is -2.36. The fourth-order valence-corrected chi connectivity index (χ4v) is 2.53. The van der Waals surface area contributed by atoms with Gasteiger partial charge in [0.2, 0.25) is 0 Å². The summed E-state index contributed by atoms with van der Waals surface area (Å²) in [7, 11) is 0. The molecule has 1 aromatic carbocycles. The third-order valence-electron chi connectivity index (χ3n) is 3.79. The van der Waals surface area contributed by atoms with Gasteiger partial charge in [-0.05, 0) is 13.0 Å². The number of amides is 1. The summed E-state index contributed by atoms with van der Waals surface area (Å²) in [6, 6.07) is 3.10. The standard InChI is InChI=1S/C15H20F2N2O3/c1-10(20)15(22)19-6-4-18(5-7-19)9-14(21)12-3-2-11(16)8-13(12)17/h2-3,8,10,14,20-21H,4-7,9H2,1H3. The third kappa shape index (κ3) is 4.00. The van der Waals surface area contributed by atoms with E-state index in [9.17, 15) is 23.8 Å². The molecule has 1 heterocycles. The van der Waals surface area contributed by atoms with Crippen LogP contribution in [-0.2, 0) is 4.79 Å². The summed E-state index contributed by atoms with van der Waals surface area (Å²) >= 11 is 0. The molecule has 5 nitrogen and oxygen atoms in total. The summed E-state index contributed by atoms with van der Waals surface area (Å²) in [6.07, 6.45) is -2.08. The van der Waals surface area contributed by atoms with Gasteiger partial charge in [-0.1, -0.05) is 6.07 Å². The lowest BCUT2D eigenvalue weighted by atomic mass is 10.1. The lowest BCUT2D eigenvalue weighted by molar-refractivity contribution is -0.141. The number of hydrogen-bond donors (Lipinski definition) is 2. The van der Waals surface area contributed by atoms with Gasteiger partial charge >= 0.3 is 0 Å². The summed E-state index contributed by atoms with van der Waals surface area (Å²) in [5.74, 6) is -1.76. The topological polar surface area (TPSA) is 64.0 Å². The summed E-state index contributed by atoms with van der Waals surface area (Å²) < 4.78 is 26.5. The maximum Gasteiger partial charge on any atom is 0.251 e. The van der Waals surface area contributed by atoms with Crippen LogP contribution >= 0.6 is 0 Å². The summed E-state index contributed by atoms with van der Waals surface area (Å²) in [4.78, 5) is 15.1. The van der Waals surface area contributed by atoms with Crippen LogP contribution in [0.2, 0.25) is 0 Å². The van der Waals surface area contributed by atoms with Crippen LogP contribution < -0.4 is 0 Å². The SMILES string of the molecule is CC(O)C(=O)N1CCN(CC(O)c2ccc(F)cc2F)CC1. The first-order chi connectivity index (χ1) is 10.4. The molecule has 122 valence electrons. The number of nitrogens with zero attached hydrogens (tertiary/aromatic N) is 2. The van der Waals surface area contributed by atoms with E-state index in [-0.39, 0.29) is 18.0 Å². The molecule has 1 aliphatic heterocycles. The molecule has 0 aliphatic carbocycles. The Morgan fingerprint density at radius 1 is 1.23 bits per heavy atom. The zero-order chi connectivity index (χ0) is 16.3. The fourth-order valence-electron chi connectivity index (χ4n) is 2.53. The summed E-state index contributed by atoms with van der Waals surface area (Å²) in [6.45, 7) is 3.58. The van der Waals surface area contributed by atoms with Crippen molar-refractivity contribution in [2.75, 3.05) is 32.7 Å². The molecule has 0 aromatic heterocycles. The van der Waals surface area contributed by atoms with Gasteiger partial charge < -0.3 is 15.1 Å². The van der Waals surface area contributed by atoms with Crippen molar-refractivity contribution in [3.8, 4) is 0 Å². The first-order valence-electron chi connectivity index (χ1n) is 7.20. The van der Waals surface area contributed by atoms with Gasteiger partial charge in [-0.25, -0.2) is 8.78 Å². The summed E-state index contributed by atoms with van der Waals surface area (Å²) in [5, 5.41) is 19.4. The quantitative estimate of drug-likeness (QED) is 0.851. The molecule has 1 aliphatic rings. The van der Waals surface area contributed by atoms with E-state index in [4.69, 9.17) is 0 Å². The van der Waals surface area contributed by atoms with E-state index in [0.717, 1.165) is 12.1 Å². The zero-order valence-corrected chi connectivity index (χ0v) is 12.4. The molecule has 1 fully saturated rings. The van der Waals surface area contributed by atoms with E-state index in [1.807, 2.05) is 4.90 Å². The second kappa shape index (κ2) is 7.13. The summed E-state index contributed by atoms with van der Waals surface area (Å²) in [5.41, 5.74) is 0.0592. The number of aliphatic hydroxyl groups is 2. The predicted molar refractivity (Wildman–Crippen MR) is 76.0 cm³/mol. The van der Waals surface area contributed by atoms with E-state index in [0.29, 0.717) is 26.2 Å². The van der Waals surface area contributed by atoms with Crippen LogP contribution in [0.4, 0.5) is 8.78 Å². The van der Waals surface area contributed by atoms with E-state index in [1.54, 1.807) is 4.90 Å². The number of carbonyl (C=O) groups excluding carboxylic acids is 1. The first-order valence-corrected chi connectivity index (χ1v) is 7.20. The largest absolute Gasteiger partial charge is 0.387 e. The van der Waals surface area contributed by atoms with E-state index in [1.165, 1.54) is 13.0 Å². The predicted octanol–water partition coefficient (Wildman–Crippen LogP) is 0.523. The second-order valence-electron chi connectivity index (χ2n) is 5.48. The minimum Gasteiger partial charge on any atom is -0.387 e. The average Bonchev–Trinajstić information content (AvgIpc) is 2.47. The molecule has 0 spiro atoms. The van der Waals surface area contributed by atoms with Gasteiger partial charge in [0, 0.05) is 44.4 Å². The van der Waals surface area contributed by atoms with E-state index >= 15 is 0 Å². The van der Waals surface area contributed by atoms with Gasteiger partial charge in [0.05, 0.1) is 6.10 Å². The number of carbonyl (C=O) groups is 1. The van der Waals surface area contributed by atoms with Crippen LogP contribution in [0.25, 0.3) is 0 Å². The Kier molecular flexibility index (Phi) is 5.44. The Morgan fingerprint density at radius 2 is 1.86 bits per heavy atom. The van der Waals surface area contributed by atoms with Crippen LogP contribution in [0, 0.1) is 11.6 Å². The maximum atomic E-state index is 13.6. The first kappa shape index (κ1) is 16.8. The Morgan fingerprint density at radius 3 is 2.41 bits per heavy atom. The van der Waals surface area contributed by atoms with Gasteiger partial charge in [0.1, 0.15) is 17.7 Å². The third-order valence-corrected chi connectivity index (χ3v) is 3.79. The highest BCUT2D eigenvalue weighted by atomic mass is 19.1. The molecule has 0 bridgehead atoms. The van der Waals surface area contributed by atoms with Crippen LogP contribution in [0.15, 0.2) is 18.2 Å². The molecule has 1 amide bonds. The lowest BCUT2D eigenvalue weighted by Crippen LogP contribution is -2.51. The molecule has 0 saturated carbocycles. The van der Waals surface area contributed by atoms with Crippen molar-refractivity contribution in [2.24, 2.45) is 0 Å². The number of aliphatic hydroxyl groups excluding tert-OH is 2. The molecule has 22 heavy (non-hydrogen) atoms. The van der Waals surface area contributed by atoms with Crippen molar-refractivity contribution in [1.29, 1.82) is 0 Å². The molecule has 1 aromatic rings. The molecule has 2 unspecified atom stereocenters. The van der Waals surface area contributed by atoms with E-state index < -0.39 is 23.8 Å². The Balaban J connectivity index is 1.89. The molecule has 1 saturated heterocycles. The fraction of sp³-hybridized carbons (Fsp3) is 0.533. The van der Waals surface area contributed by atoms with Gasteiger partial charge in [-0.3, -0.25) is 9.69 Å². The van der Waals surface area contributed by atoms with Gasteiger partial charge in [-0.2, -0.15) is 0 Å². The molecular weight excluding hydrogens is 294 g/mol. The van der Waals surface area contributed by atoms with Gasteiger partial charge in [0.15, 0.2) is 0 Å². The Bertz CT molecular complexity index is 532. The van der Waals surface area contributed by atoms with Crippen molar-refractivity contribution in [2.45, 2.75) is 19.1 Å². The molecule has 2 atom stereocenters. The molecule has 2 N–H and O–H groups in total. The highest BCUT2D eigenvalue weighted by molar-refractivity contribution is 5.80. The zero-order valence-electron chi connectivity index (χ0n) is 12.4. The Hall–Kier alpha value is -1.57. The van der Waals surface area contributed by atoms with Crippen molar-refractivity contribution in [1.82, 2.24) is 9.80 Å². The Labute approximate surface area is 127 Å². The maximum absolute atomic E-state index is 13.6.